The van der Waals surface area contributed by atoms with Crippen LogP contribution in [0.3, 0.4) is 0 Å². The minimum absolute atomic E-state index is 0.183. The summed E-state index contributed by atoms with van der Waals surface area (Å²) in [5.41, 5.74) is -0.434. The first-order chi connectivity index (χ1) is 9.07. The minimum Gasteiger partial charge on any atom is -0.389 e. The first-order valence-electron chi connectivity index (χ1n) is 8.21. The van der Waals surface area contributed by atoms with Gasteiger partial charge in [-0.15, -0.1) is 0 Å². The molecule has 3 rings (SSSR count). The molecule has 110 valence electrons. The molecule has 1 aliphatic heterocycles. The second-order valence-electron chi connectivity index (χ2n) is 7.38. The molecule has 0 amide bonds. The molecule has 3 nitrogen and oxygen atoms in total. The van der Waals surface area contributed by atoms with Gasteiger partial charge in [0.05, 0.1) is 17.3 Å². The third-order valence-electron chi connectivity index (χ3n) is 5.12. The molecule has 2 unspecified atom stereocenters. The molecule has 1 saturated heterocycles. The van der Waals surface area contributed by atoms with E-state index >= 15 is 0 Å². The van der Waals surface area contributed by atoms with E-state index in [1.54, 1.807) is 0 Å². The van der Waals surface area contributed by atoms with Crippen LogP contribution in [0, 0.1) is 0 Å². The highest BCUT2D eigenvalue weighted by molar-refractivity contribution is 4.94. The van der Waals surface area contributed by atoms with Crippen molar-refractivity contribution >= 4 is 0 Å². The maximum absolute atomic E-state index is 10.5. The molecule has 19 heavy (non-hydrogen) atoms. The summed E-state index contributed by atoms with van der Waals surface area (Å²) >= 11 is 0. The second-order valence-corrected chi connectivity index (χ2v) is 7.38. The van der Waals surface area contributed by atoms with E-state index in [4.69, 9.17) is 4.74 Å². The highest BCUT2D eigenvalue weighted by atomic mass is 16.5. The summed E-state index contributed by atoms with van der Waals surface area (Å²) in [4.78, 5) is 0. The topological polar surface area (TPSA) is 41.5 Å². The molecule has 0 aromatic carbocycles. The van der Waals surface area contributed by atoms with E-state index in [2.05, 4.69) is 5.32 Å². The first kappa shape index (κ1) is 13.8. The van der Waals surface area contributed by atoms with Crippen LogP contribution in [0.4, 0.5) is 0 Å². The predicted octanol–water partition coefficient (Wildman–Crippen LogP) is 2.76. The molecule has 2 aliphatic carbocycles. The molecule has 2 N–H and O–H groups in total. The van der Waals surface area contributed by atoms with Crippen LogP contribution in [-0.4, -0.2) is 35.0 Å². The average Bonchev–Trinajstić information content (AvgIpc) is 3.13. The molecule has 1 spiro atoms. The maximum Gasteiger partial charge on any atom is 0.0768 e. The van der Waals surface area contributed by atoms with Crippen molar-refractivity contribution in [3.05, 3.63) is 0 Å². The number of ether oxygens (including phenoxy) is 1. The zero-order valence-corrected chi connectivity index (χ0v) is 12.3. The Hall–Kier alpha value is -0.120. The van der Waals surface area contributed by atoms with Gasteiger partial charge in [0.1, 0.15) is 0 Å². The van der Waals surface area contributed by atoms with Crippen molar-refractivity contribution in [1.82, 2.24) is 5.32 Å². The Labute approximate surface area is 117 Å². The van der Waals surface area contributed by atoms with Crippen LogP contribution in [0.15, 0.2) is 0 Å². The lowest BCUT2D eigenvalue weighted by molar-refractivity contribution is -0.0889. The van der Waals surface area contributed by atoms with Gasteiger partial charge in [-0.05, 0) is 45.4 Å². The van der Waals surface area contributed by atoms with E-state index in [1.165, 1.54) is 51.4 Å². The number of hydrogen-bond acceptors (Lipinski definition) is 3. The van der Waals surface area contributed by atoms with Gasteiger partial charge in [0.2, 0.25) is 0 Å². The normalized spacial score (nSPS) is 33.5. The molecule has 0 radical (unpaired) electrons. The fourth-order valence-electron chi connectivity index (χ4n) is 3.82. The summed E-state index contributed by atoms with van der Waals surface area (Å²) < 4.78 is 6.36. The van der Waals surface area contributed by atoms with E-state index in [9.17, 15) is 5.11 Å². The molecule has 3 heteroatoms. The first-order valence-corrected chi connectivity index (χ1v) is 8.21. The molecule has 0 aromatic rings. The molecule has 0 aromatic heterocycles. The van der Waals surface area contributed by atoms with Crippen LogP contribution >= 0.6 is 0 Å². The van der Waals surface area contributed by atoms with Crippen molar-refractivity contribution < 1.29 is 9.84 Å². The SMILES string of the molecule is CC(O)(CNC1CC1)CC1CCC2(CCCCC2)O1. The van der Waals surface area contributed by atoms with E-state index in [1.807, 2.05) is 6.92 Å². The zero-order chi connectivity index (χ0) is 13.3. The Balaban J connectivity index is 1.47. The Morgan fingerprint density at radius 1 is 1.16 bits per heavy atom. The van der Waals surface area contributed by atoms with E-state index in [0.717, 1.165) is 12.8 Å². The van der Waals surface area contributed by atoms with Gasteiger partial charge >= 0.3 is 0 Å². The Morgan fingerprint density at radius 3 is 2.58 bits per heavy atom. The van der Waals surface area contributed by atoms with E-state index in [-0.39, 0.29) is 11.7 Å². The highest BCUT2D eigenvalue weighted by Crippen LogP contribution is 2.43. The smallest absolute Gasteiger partial charge is 0.0768 e. The predicted molar refractivity (Wildman–Crippen MR) is 76.2 cm³/mol. The monoisotopic (exact) mass is 267 g/mol. The summed E-state index contributed by atoms with van der Waals surface area (Å²) in [6, 6.07) is 0.667. The third kappa shape index (κ3) is 3.71. The zero-order valence-electron chi connectivity index (χ0n) is 12.3. The van der Waals surface area contributed by atoms with Crippen LogP contribution in [0.2, 0.25) is 0 Å². The summed E-state index contributed by atoms with van der Waals surface area (Å²) in [5.74, 6) is 0. The van der Waals surface area contributed by atoms with Crippen LogP contribution in [0.25, 0.3) is 0 Å². The van der Waals surface area contributed by atoms with E-state index < -0.39 is 5.60 Å². The molecular formula is C16H29NO2. The van der Waals surface area contributed by atoms with Crippen LogP contribution in [0.5, 0.6) is 0 Å². The fraction of sp³-hybridized carbons (Fsp3) is 1.00. The molecular weight excluding hydrogens is 238 g/mol. The number of rotatable bonds is 5. The molecule has 1 heterocycles. The molecule has 3 fully saturated rings. The standard InChI is InChI=1S/C16H29NO2/c1-15(18,12-17-13-5-6-13)11-14-7-10-16(19-14)8-3-2-4-9-16/h13-14,17-18H,2-12H2,1H3. The van der Waals surface area contributed by atoms with Crippen LogP contribution in [-0.2, 0) is 4.74 Å². The molecule has 0 bridgehead atoms. The average molecular weight is 267 g/mol. The van der Waals surface area contributed by atoms with Gasteiger partial charge in [-0.25, -0.2) is 0 Å². The van der Waals surface area contributed by atoms with Gasteiger partial charge in [-0.1, -0.05) is 19.3 Å². The van der Waals surface area contributed by atoms with Gasteiger partial charge < -0.3 is 15.2 Å². The highest BCUT2D eigenvalue weighted by Gasteiger charge is 2.42. The van der Waals surface area contributed by atoms with Crippen molar-refractivity contribution in [1.29, 1.82) is 0 Å². The van der Waals surface area contributed by atoms with E-state index in [0.29, 0.717) is 12.6 Å². The lowest BCUT2D eigenvalue weighted by Crippen LogP contribution is -2.42. The van der Waals surface area contributed by atoms with Crippen molar-refractivity contribution in [2.75, 3.05) is 6.54 Å². The van der Waals surface area contributed by atoms with Gasteiger partial charge in [0, 0.05) is 19.0 Å². The van der Waals surface area contributed by atoms with Crippen molar-refractivity contribution in [3.63, 3.8) is 0 Å². The van der Waals surface area contributed by atoms with Crippen LogP contribution < -0.4 is 5.32 Å². The lowest BCUT2D eigenvalue weighted by Gasteiger charge is -2.34. The Kier molecular flexibility index (Phi) is 3.89. The minimum atomic E-state index is -0.618. The Bertz CT molecular complexity index is 306. The summed E-state index contributed by atoms with van der Waals surface area (Å²) in [6.07, 6.45) is 12.5. The number of aliphatic hydroxyl groups is 1. The number of nitrogens with one attached hydrogen (secondary N) is 1. The summed E-state index contributed by atoms with van der Waals surface area (Å²) in [7, 11) is 0. The summed E-state index contributed by atoms with van der Waals surface area (Å²) in [6.45, 7) is 2.67. The van der Waals surface area contributed by atoms with Gasteiger partial charge in [-0.2, -0.15) is 0 Å². The Morgan fingerprint density at radius 2 is 1.89 bits per heavy atom. The lowest BCUT2D eigenvalue weighted by atomic mass is 9.83. The van der Waals surface area contributed by atoms with Crippen LogP contribution in [0.1, 0.15) is 71.1 Å². The van der Waals surface area contributed by atoms with Gasteiger partial charge in [-0.3, -0.25) is 0 Å². The van der Waals surface area contributed by atoms with Gasteiger partial charge in [0.15, 0.2) is 0 Å². The summed E-state index contributed by atoms with van der Waals surface area (Å²) in [5, 5.41) is 13.9. The molecule has 2 saturated carbocycles. The van der Waals surface area contributed by atoms with Gasteiger partial charge in [0.25, 0.3) is 0 Å². The largest absolute Gasteiger partial charge is 0.389 e. The number of hydrogen-bond donors (Lipinski definition) is 2. The quantitative estimate of drug-likeness (QED) is 0.805. The molecule has 2 atom stereocenters. The fourth-order valence-corrected chi connectivity index (χ4v) is 3.82. The van der Waals surface area contributed by atoms with Crippen molar-refractivity contribution in [3.8, 4) is 0 Å². The van der Waals surface area contributed by atoms with Crippen molar-refractivity contribution in [2.24, 2.45) is 0 Å². The second kappa shape index (κ2) is 5.34. The molecule has 3 aliphatic rings. The third-order valence-corrected chi connectivity index (χ3v) is 5.12. The maximum atomic E-state index is 10.5. The van der Waals surface area contributed by atoms with Crippen molar-refractivity contribution in [2.45, 2.75) is 94.5 Å².